The number of nitrogens with zero attached hydrogens (tertiary/aromatic N) is 2. The topological polar surface area (TPSA) is 96.4 Å². The lowest BCUT2D eigenvalue weighted by Gasteiger charge is -2.40. The first-order valence-electron chi connectivity index (χ1n) is 12.7. The predicted molar refractivity (Wildman–Crippen MR) is 139 cm³/mol. The van der Waals surface area contributed by atoms with Gasteiger partial charge in [0, 0.05) is 31.5 Å². The number of anilines is 1. The molecule has 36 heavy (non-hydrogen) atoms. The molecule has 2 atom stereocenters. The quantitative estimate of drug-likeness (QED) is 0.548. The van der Waals surface area contributed by atoms with Crippen LogP contribution in [0, 0.1) is 23.2 Å². The maximum absolute atomic E-state index is 14.1. The van der Waals surface area contributed by atoms with Crippen molar-refractivity contribution in [3.05, 3.63) is 15.8 Å². The van der Waals surface area contributed by atoms with E-state index in [1.54, 1.807) is 17.9 Å². The van der Waals surface area contributed by atoms with Gasteiger partial charge < -0.3 is 19.5 Å². The minimum atomic E-state index is -1.15. The number of rotatable bonds is 7. The van der Waals surface area contributed by atoms with E-state index < -0.39 is 18.1 Å². The number of aromatic carboxylic acids is 1. The number of carbonyl (C=O) groups excluding carboxylic acids is 2. The molecule has 0 bridgehead atoms. The van der Waals surface area contributed by atoms with Crippen LogP contribution in [-0.2, 0) is 19.1 Å². The van der Waals surface area contributed by atoms with Gasteiger partial charge in [0.2, 0.25) is 11.8 Å². The largest absolute Gasteiger partial charge is 0.477 e. The molecule has 1 N–H and O–H groups in total. The second-order valence-corrected chi connectivity index (χ2v) is 11.5. The Balaban J connectivity index is 2.15. The summed E-state index contributed by atoms with van der Waals surface area (Å²) in [5, 5.41) is 10.1. The van der Waals surface area contributed by atoms with Crippen LogP contribution >= 0.6 is 11.3 Å². The molecule has 2 amide bonds. The third-order valence-electron chi connectivity index (χ3n) is 6.59. The SMILES string of the molecule is CO[C@H](C)[C@@H](C(=O)N1CCOCC1)N(C(=O)C1CCCCC1)c1cc(C#CC(C)(C)C)sc1C(=O)O. The highest BCUT2D eigenvalue weighted by Gasteiger charge is 2.43. The average molecular weight is 519 g/mol. The molecule has 2 fully saturated rings. The summed E-state index contributed by atoms with van der Waals surface area (Å²) in [7, 11) is 1.50. The van der Waals surface area contributed by atoms with Crippen LogP contribution in [0.2, 0.25) is 0 Å². The highest BCUT2D eigenvalue weighted by Crippen LogP contribution is 2.36. The number of carboxylic acids is 1. The van der Waals surface area contributed by atoms with E-state index in [9.17, 15) is 19.5 Å². The summed E-state index contributed by atoms with van der Waals surface area (Å²) >= 11 is 1.03. The molecule has 198 valence electrons. The number of methoxy groups -OCH3 is 1. The lowest BCUT2D eigenvalue weighted by Crippen LogP contribution is -2.59. The average Bonchev–Trinajstić information content (AvgIpc) is 3.29. The van der Waals surface area contributed by atoms with Crippen LogP contribution in [0.15, 0.2) is 6.07 Å². The fraction of sp³-hybridized carbons (Fsp3) is 0.667. The number of hydrogen-bond acceptors (Lipinski definition) is 6. The van der Waals surface area contributed by atoms with Crippen molar-refractivity contribution in [1.29, 1.82) is 0 Å². The highest BCUT2D eigenvalue weighted by atomic mass is 32.1. The maximum atomic E-state index is 14.1. The van der Waals surface area contributed by atoms with E-state index in [4.69, 9.17) is 9.47 Å². The number of thiophene rings is 1. The maximum Gasteiger partial charge on any atom is 0.348 e. The number of amides is 2. The van der Waals surface area contributed by atoms with Gasteiger partial charge in [0.25, 0.3) is 0 Å². The summed E-state index contributed by atoms with van der Waals surface area (Å²) in [6.45, 7) is 9.33. The molecule has 8 nitrogen and oxygen atoms in total. The smallest absolute Gasteiger partial charge is 0.348 e. The minimum Gasteiger partial charge on any atom is -0.477 e. The van der Waals surface area contributed by atoms with E-state index in [0.717, 1.165) is 43.4 Å². The Morgan fingerprint density at radius 2 is 1.83 bits per heavy atom. The third kappa shape index (κ3) is 6.87. The van der Waals surface area contributed by atoms with Gasteiger partial charge >= 0.3 is 5.97 Å². The zero-order valence-corrected chi connectivity index (χ0v) is 22.8. The molecule has 1 aromatic rings. The highest BCUT2D eigenvalue weighted by molar-refractivity contribution is 7.15. The van der Waals surface area contributed by atoms with Crippen LogP contribution in [-0.4, -0.2) is 73.3 Å². The first kappa shape index (κ1) is 28.2. The minimum absolute atomic E-state index is 0.000416. The van der Waals surface area contributed by atoms with E-state index >= 15 is 0 Å². The van der Waals surface area contributed by atoms with Crippen molar-refractivity contribution < 1.29 is 29.0 Å². The molecule has 1 aliphatic heterocycles. The van der Waals surface area contributed by atoms with Crippen molar-refractivity contribution in [2.24, 2.45) is 11.3 Å². The second kappa shape index (κ2) is 12.2. The van der Waals surface area contributed by atoms with Crippen LogP contribution in [0.1, 0.15) is 74.3 Å². The summed E-state index contributed by atoms with van der Waals surface area (Å²) in [5.41, 5.74) is -0.0540. The van der Waals surface area contributed by atoms with Crippen molar-refractivity contribution in [1.82, 2.24) is 4.90 Å². The molecular formula is C27H38N2O6S. The van der Waals surface area contributed by atoms with Gasteiger partial charge in [-0.25, -0.2) is 4.79 Å². The molecule has 3 rings (SSSR count). The van der Waals surface area contributed by atoms with Crippen LogP contribution in [0.4, 0.5) is 5.69 Å². The third-order valence-corrected chi connectivity index (χ3v) is 7.62. The molecule has 2 aliphatic rings. The number of ether oxygens (including phenoxy) is 2. The zero-order valence-electron chi connectivity index (χ0n) is 22.0. The fourth-order valence-electron chi connectivity index (χ4n) is 4.60. The fourth-order valence-corrected chi connectivity index (χ4v) is 5.44. The van der Waals surface area contributed by atoms with E-state index in [0.29, 0.717) is 31.2 Å². The Morgan fingerprint density at radius 3 is 2.39 bits per heavy atom. The summed E-state index contributed by atoms with van der Waals surface area (Å²) < 4.78 is 11.0. The van der Waals surface area contributed by atoms with Crippen LogP contribution in [0.25, 0.3) is 0 Å². The van der Waals surface area contributed by atoms with Crippen LogP contribution < -0.4 is 4.90 Å². The van der Waals surface area contributed by atoms with Gasteiger partial charge in [0.15, 0.2) is 0 Å². The Bertz CT molecular complexity index is 1010. The van der Waals surface area contributed by atoms with Crippen molar-refractivity contribution in [3.63, 3.8) is 0 Å². The molecule has 9 heteroatoms. The molecule has 0 radical (unpaired) electrons. The Kier molecular flexibility index (Phi) is 9.56. The van der Waals surface area contributed by atoms with Crippen LogP contribution in [0.3, 0.4) is 0 Å². The lowest BCUT2D eigenvalue weighted by molar-refractivity contribution is -0.142. The summed E-state index contributed by atoms with van der Waals surface area (Å²) in [6, 6.07) is 0.647. The van der Waals surface area contributed by atoms with Gasteiger partial charge in [-0.05, 0) is 46.6 Å². The molecule has 1 saturated carbocycles. The predicted octanol–water partition coefficient (Wildman–Crippen LogP) is 4.02. The van der Waals surface area contributed by atoms with Gasteiger partial charge in [-0.3, -0.25) is 14.5 Å². The first-order chi connectivity index (χ1) is 17.0. The molecule has 0 unspecified atom stereocenters. The zero-order chi connectivity index (χ0) is 26.5. The number of carboxylic acid groups (broad SMARTS) is 1. The number of carbonyl (C=O) groups is 3. The van der Waals surface area contributed by atoms with Gasteiger partial charge in [-0.1, -0.05) is 31.1 Å². The van der Waals surface area contributed by atoms with Gasteiger partial charge in [0.1, 0.15) is 10.9 Å². The molecule has 2 heterocycles. The molecule has 1 saturated heterocycles. The molecule has 1 aliphatic carbocycles. The number of morpholine rings is 1. The monoisotopic (exact) mass is 518 g/mol. The van der Waals surface area contributed by atoms with Crippen molar-refractivity contribution >= 4 is 34.8 Å². The molecule has 0 spiro atoms. The van der Waals surface area contributed by atoms with E-state index in [-0.39, 0.29) is 33.7 Å². The lowest BCUT2D eigenvalue weighted by atomic mass is 9.87. The summed E-state index contributed by atoms with van der Waals surface area (Å²) in [4.78, 5) is 44.0. The van der Waals surface area contributed by atoms with E-state index in [1.807, 2.05) is 20.8 Å². The van der Waals surface area contributed by atoms with Crippen molar-refractivity contribution in [2.75, 3.05) is 38.3 Å². The summed E-state index contributed by atoms with van der Waals surface area (Å²) in [6.07, 6.45) is 3.73. The van der Waals surface area contributed by atoms with Crippen LogP contribution in [0.5, 0.6) is 0 Å². The molecule has 1 aromatic heterocycles. The Hall–Kier alpha value is -2.41. The normalized spacial score (nSPS) is 18.6. The molecule has 0 aromatic carbocycles. The van der Waals surface area contributed by atoms with E-state index in [1.165, 1.54) is 12.0 Å². The van der Waals surface area contributed by atoms with Gasteiger partial charge in [0.05, 0.1) is 29.9 Å². The van der Waals surface area contributed by atoms with Crippen molar-refractivity contribution in [2.45, 2.75) is 71.9 Å². The first-order valence-corrected chi connectivity index (χ1v) is 13.5. The van der Waals surface area contributed by atoms with E-state index in [2.05, 4.69) is 11.8 Å². The number of hydrogen-bond donors (Lipinski definition) is 1. The van der Waals surface area contributed by atoms with Crippen molar-refractivity contribution in [3.8, 4) is 11.8 Å². The standard InChI is InChI=1S/C27H38N2O6S/c1-18(34-5)22(25(31)28-13-15-35-16-14-28)29(24(30)19-9-7-6-8-10-19)21-17-20(11-12-27(2,3)4)36-23(21)26(32)33/h17-19,22H,6-10,13-16H2,1-5H3,(H,32,33)/t18-,22+/m1/s1. The van der Waals surface area contributed by atoms with Gasteiger partial charge in [-0.2, -0.15) is 0 Å². The summed E-state index contributed by atoms with van der Waals surface area (Å²) in [5.74, 6) is 4.31. The van der Waals surface area contributed by atoms with Gasteiger partial charge in [-0.15, -0.1) is 11.3 Å². The Morgan fingerprint density at radius 1 is 1.19 bits per heavy atom. The molecular weight excluding hydrogens is 480 g/mol. The Labute approximate surface area is 217 Å². The second-order valence-electron chi connectivity index (χ2n) is 10.5.